The van der Waals surface area contributed by atoms with Crippen LogP contribution in [0.2, 0.25) is 0 Å². The standard InChI is InChI=1S/C18H20N2O4/c1-4-22-12(2)18-19-17(24-20-18)11-23-16-8-6-13-5-7-15(21-3)9-14(13)10-16/h5-10,12H,4,11H2,1-3H3. The Morgan fingerprint density at radius 1 is 1.08 bits per heavy atom. The molecule has 0 bridgehead atoms. The van der Waals surface area contributed by atoms with Gasteiger partial charge in [0.1, 0.15) is 17.6 Å². The minimum atomic E-state index is -0.194. The molecule has 0 fully saturated rings. The topological polar surface area (TPSA) is 66.6 Å². The fraction of sp³-hybridized carbons (Fsp3) is 0.333. The van der Waals surface area contributed by atoms with E-state index in [1.54, 1.807) is 7.11 Å². The number of fused-ring (bicyclic) bond motifs is 1. The van der Waals surface area contributed by atoms with E-state index in [9.17, 15) is 0 Å². The van der Waals surface area contributed by atoms with E-state index in [2.05, 4.69) is 10.1 Å². The quantitative estimate of drug-likeness (QED) is 0.655. The molecule has 3 rings (SSSR count). The van der Waals surface area contributed by atoms with Crippen LogP contribution in [0.1, 0.15) is 31.7 Å². The third-order valence-electron chi connectivity index (χ3n) is 3.65. The maximum atomic E-state index is 5.75. The first-order valence-electron chi connectivity index (χ1n) is 7.84. The van der Waals surface area contributed by atoms with Gasteiger partial charge >= 0.3 is 0 Å². The molecule has 1 atom stereocenters. The third-order valence-corrected chi connectivity index (χ3v) is 3.65. The molecule has 0 spiro atoms. The summed E-state index contributed by atoms with van der Waals surface area (Å²) >= 11 is 0. The van der Waals surface area contributed by atoms with E-state index >= 15 is 0 Å². The molecule has 0 radical (unpaired) electrons. The Kier molecular flexibility index (Phi) is 4.96. The highest BCUT2D eigenvalue weighted by molar-refractivity contribution is 5.85. The van der Waals surface area contributed by atoms with Gasteiger partial charge in [-0.1, -0.05) is 17.3 Å². The van der Waals surface area contributed by atoms with E-state index < -0.39 is 0 Å². The van der Waals surface area contributed by atoms with Crippen LogP contribution in [0.3, 0.4) is 0 Å². The van der Waals surface area contributed by atoms with Crippen LogP contribution in [0.15, 0.2) is 40.9 Å². The van der Waals surface area contributed by atoms with Crippen molar-refractivity contribution in [3.63, 3.8) is 0 Å². The lowest BCUT2D eigenvalue weighted by atomic mass is 10.1. The van der Waals surface area contributed by atoms with Gasteiger partial charge in [0.2, 0.25) is 0 Å². The Hall–Kier alpha value is -2.60. The van der Waals surface area contributed by atoms with Crippen LogP contribution in [0.5, 0.6) is 11.5 Å². The van der Waals surface area contributed by atoms with Gasteiger partial charge in [-0.05, 0) is 48.9 Å². The maximum absolute atomic E-state index is 5.75. The lowest BCUT2D eigenvalue weighted by molar-refractivity contribution is 0.0683. The highest BCUT2D eigenvalue weighted by atomic mass is 16.5. The van der Waals surface area contributed by atoms with Crippen molar-refractivity contribution < 1.29 is 18.7 Å². The van der Waals surface area contributed by atoms with Gasteiger partial charge in [-0.25, -0.2) is 0 Å². The number of ether oxygens (including phenoxy) is 3. The Bertz CT molecular complexity index is 816. The van der Waals surface area contributed by atoms with E-state index in [0.29, 0.717) is 18.3 Å². The number of hydrogen-bond acceptors (Lipinski definition) is 6. The molecule has 1 unspecified atom stereocenters. The van der Waals surface area contributed by atoms with E-state index in [1.165, 1.54) is 0 Å². The first-order chi connectivity index (χ1) is 11.7. The second-order valence-corrected chi connectivity index (χ2v) is 5.31. The van der Waals surface area contributed by atoms with Gasteiger partial charge in [-0.2, -0.15) is 4.98 Å². The summed E-state index contributed by atoms with van der Waals surface area (Å²) in [7, 11) is 1.65. The van der Waals surface area contributed by atoms with Crippen molar-refractivity contribution in [1.82, 2.24) is 10.1 Å². The van der Waals surface area contributed by atoms with E-state index in [4.69, 9.17) is 18.7 Å². The van der Waals surface area contributed by atoms with E-state index in [-0.39, 0.29) is 12.7 Å². The Balaban J connectivity index is 1.69. The molecule has 0 aliphatic heterocycles. The molecule has 0 aliphatic carbocycles. The highest BCUT2D eigenvalue weighted by Crippen LogP contribution is 2.25. The maximum Gasteiger partial charge on any atom is 0.264 e. The van der Waals surface area contributed by atoms with Crippen LogP contribution < -0.4 is 9.47 Å². The normalized spacial score (nSPS) is 12.3. The lowest BCUT2D eigenvalue weighted by Gasteiger charge is -2.06. The lowest BCUT2D eigenvalue weighted by Crippen LogP contribution is -2.02. The zero-order valence-corrected chi connectivity index (χ0v) is 14.0. The fourth-order valence-corrected chi connectivity index (χ4v) is 2.38. The number of rotatable bonds is 7. The third kappa shape index (κ3) is 3.65. The molecule has 1 heterocycles. The molecule has 3 aromatic rings. The molecular weight excluding hydrogens is 308 g/mol. The largest absolute Gasteiger partial charge is 0.497 e. The molecule has 6 nitrogen and oxygen atoms in total. The van der Waals surface area contributed by atoms with Crippen LogP contribution in [-0.2, 0) is 11.3 Å². The first-order valence-corrected chi connectivity index (χ1v) is 7.84. The minimum Gasteiger partial charge on any atom is -0.497 e. The number of aromatic nitrogens is 2. The molecular formula is C18H20N2O4. The average Bonchev–Trinajstić information content (AvgIpc) is 3.08. The smallest absolute Gasteiger partial charge is 0.264 e. The predicted molar refractivity (Wildman–Crippen MR) is 89.2 cm³/mol. The second-order valence-electron chi connectivity index (χ2n) is 5.31. The number of hydrogen-bond donors (Lipinski definition) is 0. The predicted octanol–water partition coefficient (Wildman–Crippen LogP) is 3.91. The summed E-state index contributed by atoms with van der Waals surface area (Å²) in [5.41, 5.74) is 0. The molecule has 24 heavy (non-hydrogen) atoms. The summed E-state index contributed by atoms with van der Waals surface area (Å²) in [4.78, 5) is 4.29. The van der Waals surface area contributed by atoms with Crippen LogP contribution >= 0.6 is 0 Å². The van der Waals surface area contributed by atoms with Gasteiger partial charge in [-0.15, -0.1) is 0 Å². The average molecular weight is 328 g/mol. The summed E-state index contributed by atoms with van der Waals surface area (Å²) in [5, 5.41) is 6.08. The molecule has 1 aromatic heterocycles. The highest BCUT2D eigenvalue weighted by Gasteiger charge is 2.14. The van der Waals surface area contributed by atoms with Gasteiger partial charge in [0, 0.05) is 6.61 Å². The molecule has 0 N–H and O–H groups in total. The van der Waals surface area contributed by atoms with E-state index in [0.717, 1.165) is 22.3 Å². The number of methoxy groups -OCH3 is 1. The van der Waals surface area contributed by atoms with Crippen LogP contribution in [0.4, 0.5) is 0 Å². The fourth-order valence-electron chi connectivity index (χ4n) is 2.38. The number of benzene rings is 2. The molecule has 0 amide bonds. The van der Waals surface area contributed by atoms with Crippen molar-refractivity contribution in [3.05, 3.63) is 48.1 Å². The molecule has 2 aromatic carbocycles. The second kappa shape index (κ2) is 7.31. The summed E-state index contributed by atoms with van der Waals surface area (Å²) in [6, 6.07) is 11.8. The molecule has 0 saturated heterocycles. The SMILES string of the molecule is CCOC(C)c1noc(COc2ccc3ccc(OC)cc3c2)n1. The molecule has 0 saturated carbocycles. The van der Waals surface area contributed by atoms with Gasteiger partial charge in [0.25, 0.3) is 5.89 Å². The van der Waals surface area contributed by atoms with Gasteiger partial charge in [0.15, 0.2) is 12.4 Å². The first kappa shape index (κ1) is 16.3. The Morgan fingerprint density at radius 3 is 2.58 bits per heavy atom. The van der Waals surface area contributed by atoms with Crippen molar-refractivity contribution in [2.24, 2.45) is 0 Å². The minimum absolute atomic E-state index is 0.194. The Morgan fingerprint density at radius 2 is 1.83 bits per heavy atom. The van der Waals surface area contributed by atoms with Crippen LogP contribution in [0, 0.1) is 0 Å². The summed E-state index contributed by atoms with van der Waals surface area (Å²) in [6.45, 7) is 4.62. The summed E-state index contributed by atoms with van der Waals surface area (Å²) < 4.78 is 21.6. The van der Waals surface area contributed by atoms with Crippen molar-refractivity contribution in [2.75, 3.05) is 13.7 Å². The zero-order chi connectivity index (χ0) is 16.9. The van der Waals surface area contributed by atoms with Crippen LogP contribution in [0.25, 0.3) is 10.8 Å². The number of nitrogens with zero attached hydrogens (tertiary/aromatic N) is 2. The van der Waals surface area contributed by atoms with Gasteiger partial charge in [0.05, 0.1) is 7.11 Å². The van der Waals surface area contributed by atoms with Crippen molar-refractivity contribution in [2.45, 2.75) is 26.6 Å². The van der Waals surface area contributed by atoms with Gasteiger partial charge in [-0.3, -0.25) is 0 Å². The van der Waals surface area contributed by atoms with Gasteiger partial charge < -0.3 is 18.7 Å². The molecule has 126 valence electrons. The Labute approximate surface area is 140 Å². The van der Waals surface area contributed by atoms with Crippen molar-refractivity contribution in [3.8, 4) is 11.5 Å². The summed E-state index contributed by atoms with van der Waals surface area (Å²) in [5.74, 6) is 2.49. The summed E-state index contributed by atoms with van der Waals surface area (Å²) in [6.07, 6.45) is -0.194. The van der Waals surface area contributed by atoms with E-state index in [1.807, 2.05) is 50.2 Å². The van der Waals surface area contributed by atoms with Crippen molar-refractivity contribution >= 4 is 10.8 Å². The monoisotopic (exact) mass is 328 g/mol. The van der Waals surface area contributed by atoms with Crippen molar-refractivity contribution in [1.29, 1.82) is 0 Å². The molecule has 6 heteroatoms. The van der Waals surface area contributed by atoms with Crippen LogP contribution in [-0.4, -0.2) is 23.9 Å². The molecule has 0 aliphatic rings. The zero-order valence-electron chi connectivity index (χ0n) is 14.0.